The number of benzene rings is 2. The molecule has 0 atom stereocenters. The van der Waals surface area contributed by atoms with Crippen LogP contribution in [0.2, 0.25) is 0 Å². The Hall–Kier alpha value is -2.29. The largest absolute Gasteiger partial charge is 0.436 e. The number of aromatic nitrogens is 1. The Bertz CT molecular complexity index is 774. The summed E-state index contributed by atoms with van der Waals surface area (Å²) in [5.41, 5.74) is 12.0. The normalized spacial score (nSPS) is 13.9. The van der Waals surface area contributed by atoms with Crippen molar-refractivity contribution < 1.29 is 4.42 Å². The van der Waals surface area contributed by atoms with Gasteiger partial charge in [-0.25, -0.2) is 4.98 Å². The number of aryl methyl sites for hydroxylation is 2. The zero-order valence-corrected chi connectivity index (χ0v) is 10.5. The van der Waals surface area contributed by atoms with Crippen LogP contribution in [0.1, 0.15) is 17.5 Å². The highest BCUT2D eigenvalue weighted by Crippen LogP contribution is 2.30. The summed E-state index contributed by atoms with van der Waals surface area (Å²) in [5, 5.41) is 0. The smallest absolute Gasteiger partial charge is 0.227 e. The standard InChI is InChI=1S/C16H14N2O/c17-13-5-2-6-14-15(13)18-16(19-14)12-8-7-10-3-1-4-11(10)9-12/h2,5-9H,1,3-4,17H2. The van der Waals surface area contributed by atoms with E-state index in [1.165, 1.54) is 24.0 Å². The Morgan fingerprint density at radius 3 is 2.84 bits per heavy atom. The number of anilines is 1. The van der Waals surface area contributed by atoms with Gasteiger partial charge in [-0.1, -0.05) is 12.1 Å². The molecule has 0 bridgehead atoms. The molecule has 1 aliphatic carbocycles. The molecule has 19 heavy (non-hydrogen) atoms. The minimum absolute atomic E-state index is 0.655. The summed E-state index contributed by atoms with van der Waals surface area (Å²) in [6.45, 7) is 0. The highest BCUT2D eigenvalue weighted by molar-refractivity contribution is 5.87. The molecule has 0 spiro atoms. The van der Waals surface area contributed by atoms with Crippen molar-refractivity contribution in [3.8, 4) is 11.5 Å². The zero-order valence-electron chi connectivity index (χ0n) is 10.5. The third-order valence-electron chi connectivity index (χ3n) is 3.80. The second-order valence-electron chi connectivity index (χ2n) is 5.05. The van der Waals surface area contributed by atoms with Crippen molar-refractivity contribution in [1.29, 1.82) is 0 Å². The molecule has 2 aromatic carbocycles. The van der Waals surface area contributed by atoms with Gasteiger partial charge in [0.2, 0.25) is 5.89 Å². The van der Waals surface area contributed by atoms with E-state index in [-0.39, 0.29) is 0 Å². The van der Waals surface area contributed by atoms with Crippen molar-refractivity contribution in [2.24, 2.45) is 0 Å². The Balaban J connectivity index is 1.88. The number of fused-ring (bicyclic) bond motifs is 2. The van der Waals surface area contributed by atoms with E-state index in [9.17, 15) is 0 Å². The van der Waals surface area contributed by atoms with Crippen molar-refractivity contribution in [1.82, 2.24) is 4.98 Å². The summed E-state index contributed by atoms with van der Waals surface area (Å²) in [6.07, 6.45) is 3.60. The number of nitrogens with two attached hydrogens (primary N) is 1. The molecule has 0 saturated heterocycles. The summed E-state index contributed by atoms with van der Waals surface area (Å²) in [6, 6.07) is 12.1. The fourth-order valence-electron chi connectivity index (χ4n) is 2.80. The summed E-state index contributed by atoms with van der Waals surface area (Å²) < 4.78 is 5.80. The second kappa shape index (κ2) is 3.85. The van der Waals surface area contributed by atoms with Crippen molar-refractivity contribution >= 4 is 16.8 Å². The van der Waals surface area contributed by atoms with Crippen LogP contribution in [0.4, 0.5) is 5.69 Å². The molecule has 4 rings (SSSR count). The quantitative estimate of drug-likeness (QED) is 0.672. The van der Waals surface area contributed by atoms with Crippen LogP contribution >= 0.6 is 0 Å². The molecule has 1 aliphatic rings. The van der Waals surface area contributed by atoms with Gasteiger partial charge in [-0.2, -0.15) is 0 Å². The summed E-state index contributed by atoms with van der Waals surface area (Å²) >= 11 is 0. The van der Waals surface area contributed by atoms with Gasteiger partial charge in [0.25, 0.3) is 0 Å². The molecule has 1 aromatic heterocycles. The lowest BCUT2D eigenvalue weighted by Gasteiger charge is -2.00. The number of rotatable bonds is 1. The van der Waals surface area contributed by atoms with Crippen molar-refractivity contribution in [2.45, 2.75) is 19.3 Å². The van der Waals surface area contributed by atoms with Crippen LogP contribution in [-0.4, -0.2) is 4.98 Å². The molecule has 0 radical (unpaired) electrons. The Morgan fingerprint density at radius 1 is 1.05 bits per heavy atom. The van der Waals surface area contributed by atoms with Crippen LogP contribution in [-0.2, 0) is 12.8 Å². The predicted octanol–water partition coefficient (Wildman–Crippen LogP) is 3.57. The van der Waals surface area contributed by atoms with Crippen LogP contribution in [0.25, 0.3) is 22.6 Å². The molecule has 3 nitrogen and oxygen atoms in total. The van der Waals surface area contributed by atoms with Crippen LogP contribution in [0.15, 0.2) is 40.8 Å². The molecule has 0 saturated carbocycles. The molecular formula is C16H14N2O. The third-order valence-corrected chi connectivity index (χ3v) is 3.80. The molecule has 0 aliphatic heterocycles. The molecule has 3 heteroatoms. The average Bonchev–Trinajstić information content (AvgIpc) is 3.04. The number of nitrogen functional groups attached to an aromatic ring is 1. The van der Waals surface area contributed by atoms with Crippen LogP contribution < -0.4 is 5.73 Å². The number of para-hydroxylation sites is 1. The first-order valence-electron chi connectivity index (χ1n) is 6.58. The topological polar surface area (TPSA) is 52.0 Å². The van der Waals surface area contributed by atoms with Crippen LogP contribution in [0.5, 0.6) is 0 Å². The van der Waals surface area contributed by atoms with E-state index in [2.05, 4.69) is 23.2 Å². The molecule has 2 N–H and O–H groups in total. The van der Waals surface area contributed by atoms with Crippen molar-refractivity contribution in [3.63, 3.8) is 0 Å². The van der Waals surface area contributed by atoms with Crippen molar-refractivity contribution in [2.75, 3.05) is 5.73 Å². The molecule has 1 heterocycles. The molecular weight excluding hydrogens is 236 g/mol. The van der Waals surface area contributed by atoms with Crippen molar-refractivity contribution in [3.05, 3.63) is 47.5 Å². The van der Waals surface area contributed by atoms with Crippen LogP contribution in [0, 0.1) is 0 Å². The third kappa shape index (κ3) is 1.62. The number of hydrogen-bond acceptors (Lipinski definition) is 3. The van der Waals surface area contributed by atoms with E-state index in [1.807, 2.05) is 18.2 Å². The molecule has 94 valence electrons. The van der Waals surface area contributed by atoms with E-state index in [0.29, 0.717) is 11.6 Å². The summed E-state index contributed by atoms with van der Waals surface area (Å²) in [4.78, 5) is 4.52. The Morgan fingerprint density at radius 2 is 1.95 bits per heavy atom. The molecule has 0 fully saturated rings. The minimum atomic E-state index is 0.655. The lowest BCUT2D eigenvalue weighted by atomic mass is 10.1. The summed E-state index contributed by atoms with van der Waals surface area (Å²) in [5.74, 6) is 0.655. The maximum atomic E-state index is 5.92. The second-order valence-corrected chi connectivity index (χ2v) is 5.05. The van der Waals surface area contributed by atoms with Gasteiger partial charge in [0.15, 0.2) is 5.58 Å². The first kappa shape index (κ1) is 10.6. The highest BCUT2D eigenvalue weighted by atomic mass is 16.3. The zero-order chi connectivity index (χ0) is 12.8. The van der Waals surface area contributed by atoms with E-state index < -0.39 is 0 Å². The lowest BCUT2D eigenvalue weighted by Crippen LogP contribution is -1.86. The predicted molar refractivity (Wildman–Crippen MR) is 75.9 cm³/mol. The van der Waals surface area contributed by atoms with Gasteiger partial charge in [0.05, 0.1) is 5.69 Å². The van der Waals surface area contributed by atoms with Gasteiger partial charge in [-0.15, -0.1) is 0 Å². The van der Waals surface area contributed by atoms with E-state index >= 15 is 0 Å². The van der Waals surface area contributed by atoms with Gasteiger partial charge in [-0.05, 0) is 54.7 Å². The first-order chi connectivity index (χ1) is 9.31. The maximum absolute atomic E-state index is 5.92. The maximum Gasteiger partial charge on any atom is 0.227 e. The van der Waals surface area contributed by atoms with Gasteiger partial charge < -0.3 is 10.2 Å². The monoisotopic (exact) mass is 250 g/mol. The first-order valence-corrected chi connectivity index (χ1v) is 6.58. The van der Waals surface area contributed by atoms with E-state index in [1.54, 1.807) is 0 Å². The minimum Gasteiger partial charge on any atom is -0.436 e. The fraction of sp³-hybridized carbons (Fsp3) is 0.188. The van der Waals surface area contributed by atoms with Crippen LogP contribution in [0.3, 0.4) is 0 Å². The Kier molecular flexibility index (Phi) is 2.15. The number of oxazole rings is 1. The summed E-state index contributed by atoms with van der Waals surface area (Å²) in [7, 11) is 0. The van der Waals surface area contributed by atoms with Gasteiger partial charge in [0.1, 0.15) is 5.52 Å². The SMILES string of the molecule is Nc1cccc2oc(-c3ccc4c(c3)CCC4)nc12. The molecule has 3 aromatic rings. The number of nitrogens with zero attached hydrogens (tertiary/aromatic N) is 1. The molecule has 0 amide bonds. The van der Waals surface area contributed by atoms with E-state index in [4.69, 9.17) is 10.2 Å². The number of hydrogen-bond donors (Lipinski definition) is 1. The lowest BCUT2D eigenvalue weighted by molar-refractivity contribution is 0.620. The van der Waals surface area contributed by atoms with E-state index in [0.717, 1.165) is 23.1 Å². The Labute approximate surface area is 111 Å². The highest BCUT2D eigenvalue weighted by Gasteiger charge is 2.14. The van der Waals surface area contributed by atoms with Gasteiger partial charge >= 0.3 is 0 Å². The molecule has 0 unspecified atom stereocenters. The van der Waals surface area contributed by atoms with Gasteiger partial charge in [0, 0.05) is 5.56 Å². The average molecular weight is 250 g/mol. The fourth-order valence-corrected chi connectivity index (χ4v) is 2.80. The van der Waals surface area contributed by atoms with Gasteiger partial charge in [-0.3, -0.25) is 0 Å².